The van der Waals surface area contributed by atoms with Gasteiger partial charge in [-0.3, -0.25) is 4.79 Å². The quantitative estimate of drug-likeness (QED) is 0.900. The number of amides is 1. The Hall–Kier alpha value is -1.81. The molecule has 1 aliphatic heterocycles. The number of hydrogen-bond donors (Lipinski definition) is 1. The molecule has 3 rings (SSSR count). The van der Waals surface area contributed by atoms with Crippen molar-refractivity contribution in [3.63, 3.8) is 0 Å². The van der Waals surface area contributed by atoms with Crippen molar-refractivity contribution in [3.05, 3.63) is 36.1 Å². The van der Waals surface area contributed by atoms with Crippen molar-refractivity contribution in [1.29, 1.82) is 0 Å². The minimum absolute atomic E-state index is 0.00639. The summed E-state index contributed by atoms with van der Waals surface area (Å²) in [5.41, 5.74) is 1.35. The lowest BCUT2D eigenvalue weighted by atomic mass is 10.0. The fraction of sp³-hybridized carbons (Fsp3) is 0.400. The fourth-order valence-corrected chi connectivity index (χ4v) is 2.68. The van der Waals surface area contributed by atoms with E-state index >= 15 is 0 Å². The van der Waals surface area contributed by atoms with Crippen molar-refractivity contribution < 1.29 is 14.3 Å². The molecule has 1 aliphatic rings. The second-order valence-corrected chi connectivity index (χ2v) is 5.19. The van der Waals surface area contributed by atoms with E-state index in [1.54, 1.807) is 11.8 Å². The Labute approximate surface area is 111 Å². The molecule has 1 fully saturated rings. The van der Waals surface area contributed by atoms with Gasteiger partial charge in [-0.25, -0.2) is 0 Å². The number of carbonyl (C=O) groups is 1. The van der Waals surface area contributed by atoms with Crippen LogP contribution in [0.4, 0.5) is 0 Å². The maximum absolute atomic E-state index is 12.5. The van der Waals surface area contributed by atoms with Crippen LogP contribution in [0.2, 0.25) is 0 Å². The Kier molecular flexibility index (Phi) is 3.03. The summed E-state index contributed by atoms with van der Waals surface area (Å²) in [6, 6.07) is 7.54. The second-order valence-electron chi connectivity index (χ2n) is 5.19. The highest BCUT2D eigenvalue weighted by molar-refractivity contribution is 6.05. The summed E-state index contributed by atoms with van der Waals surface area (Å²) in [6.45, 7) is 3.11. The van der Waals surface area contributed by atoms with Crippen molar-refractivity contribution in [1.82, 2.24) is 4.90 Å². The largest absolute Gasteiger partial charge is 0.463 e. The van der Waals surface area contributed by atoms with Crippen LogP contribution in [0.25, 0.3) is 11.0 Å². The van der Waals surface area contributed by atoms with Crippen LogP contribution in [-0.4, -0.2) is 35.1 Å². The van der Waals surface area contributed by atoms with Crippen LogP contribution >= 0.6 is 0 Å². The van der Waals surface area contributed by atoms with Crippen molar-refractivity contribution >= 4 is 16.9 Å². The van der Waals surface area contributed by atoms with Gasteiger partial charge in [0.1, 0.15) is 11.8 Å². The molecule has 1 saturated heterocycles. The topological polar surface area (TPSA) is 53.7 Å². The number of para-hydroxylation sites is 1. The van der Waals surface area contributed by atoms with Crippen LogP contribution in [0, 0.1) is 5.92 Å². The summed E-state index contributed by atoms with van der Waals surface area (Å²) in [7, 11) is 0. The number of hydrogen-bond acceptors (Lipinski definition) is 3. The summed E-state index contributed by atoms with van der Waals surface area (Å²) in [4.78, 5) is 14.3. The molecule has 0 bridgehead atoms. The number of rotatable bonds is 2. The summed E-state index contributed by atoms with van der Waals surface area (Å²) in [5.74, 6) is 0.176. The minimum atomic E-state index is -0.362. The highest BCUT2D eigenvalue weighted by atomic mass is 16.3. The van der Waals surface area contributed by atoms with E-state index in [1.807, 2.05) is 24.3 Å². The molecule has 2 heterocycles. The maximum Gasteiger partial charge on any atom is 0.257 e. The number of aliphatic hydroxyl groups excluding tert-OH is 1. The molecule has 2 aromatic rings. The number of carbonyl (C=O) groups excluding carboxylic acids is 1. The van der Waals surface area contributed by atoms with Gasteiger partial charge in [0.2, 0.25) is 0 Å². The predicted molar refractivity (Wildman–Crippen MR) is 71.9 cm³/mol. The first-order valence-corrected chi connectivity index (χ1v) is 6.60. The molecule has 4 heteroatoms. The Morgan fingerprint density at radius 1 is 1.47 bits per heavy atom. The Balaban J connectivity index is 1.85. The molecular formula is C15H17NO3. The first kappa shape index (κ1) is 12.2. The number of nitrogens with zero attached hydrogens (tertiary/aromatic N) is 1. The van der Waals surface area contributed by atoms with Gasteiger partial charge < -0.3 is 14.4 Å². The van der Waals surface area contributed by atoms with Crippen molar-refractivity contribution in [2.24, 2.45) is 5.92 Å². The van der Waals surface area contributed by atoms with Crippen molar-refractivity contribution in [2.75, 3.05) is 13.1 Å². The monoisotopic (exact) mass is 259 g/mol. The summed E-state index contributed by atoms with van der Waals surface area (Å²) in [5, 5.41) is 10.5. The first-order chi connectivity index (χ1) is 9.16. The van der Waals surface area contributed by atoms with Gasteiger partial charge in [0.15, 0.2) is 0 Å². The Bertz CT molecular complexity index is 602. The van der Waals surface area contributed by atoms with E-state index in [0.717, 1.165) is 17.4 Å². The van der Waals surface area contributed by atoms with Crippen LogP contribution in [0.3, 0.4) is 0 Å². The van der Waals surface area contributed by atoms with Gasteiger partial charge in [-0.15, -0.1) is 0 Å². The van der Waals surface area contributed by atoms with Crippen LogP contribution in [0.5, 0.6) is 0 Å². The number of benzene rings is 1. The van der Waals surface area contributed by atoms with E-state index in [4.69, 9.17) is 4.42 Å². The average molecular weight is 259 g/mol. The molecule has 100 valence electrons. The zero-order chi connectivity index (χ0) is 13.4. The Morgan fingerprint density at radius 3 is 3.00 bits per heavy atom. The number of fused-ring (bicyclic) bond motifs is 1. The second kappa shape index (κ2) is 4.70. The third kappa shape index (κ3) is 2.12. The summed E-state index contributed by atoms with van der Waals surface area (Å²) >= 11 is 0. The van der Waals surface area contributed by atoms with Gasteiger partial charge in [0.05, 0.1) is 11.7 Å². The van der Waals surface area contributed by atoms with Crippen molar-refractivity contribution in [3.8, 4) is 0 Å². The molecule has 0 saturated carbocycles. The molecule has 1 aromatic carbocycles. The standard InChI is InChI=1S/C15H17NO3/c1-10(17)11-6-7-16(8-11)15(18)13-9-19-14-5-3-2-4-12(13)14/h2-5,9-11,17H,6-8H2,1H3. The zero-order valence-electron chi connectivity index (χ0n) is 10.9. The van der Waals surface area contributed by atoms with Gasteiger partial charge in [0, 0.05) is 24.4 Å². The summed E-state index contributed by atoms with van der Waals surface area (Å²) in [6.07, 6.45) is 2.03. The molecule has 0 radical (unpaired) electrons. The van der Waals surface area contributed by atoms with Crippen LogP contribution < -0.4 is 0 Å². The molecule has 19 heavy (non-hydrogen) atoms. The van der Waals surface area contributed by atoms with E-state index in [0.29, 0.717) is 18.7 Å². The lowest BCUT2D eigenvalue weighted by Crippen LogP contribution is -2.30. The van der Waals surface area contributed by atoms with Crippen LogP contribution in [0.15, 0.2) is 34.9 Å². The first-order valence-electron chi connectivity index (χ1n) is 6.60. The molecule has 1 amide bonds. The molecule has 0 aliphatic carbocycles. The molecule has 1 N–H and O–H groups in total. The number of furan rings is 1. The molecule has 2 atom stereocenters. The SMILES string of the molecule is CC(O)C1CCN(C(=O)c2coc3ccccc23)C1. The van der Waals surface area contributed by atoms with E-state index in [9.17, 15) is 9.90 Å². The third-order valence-electron chi connectivity index (χ3n) is 3.91. The number of likely N-dealkylation sites (tertiary alicyclic amines) is 1. The van der Waals surface area contributed by atoms with Crippen LogP contribution in [0.1, 0.15) is 23.7 Å². The lowest BCUT2D eigenvalue weighted by Gasteiger charge is -2.17. The van der Waals surface area contributed by atoms with Crippen molar-refractivity contribution in [2.45, 2.75) is 19.4 Å². The highest BCUT2D eigenvalue weighted by Gasteiger charge is 2.30. The maximum atomic E-state index is 12.5. The van der Waals surface area contributed by atoms with Gasteiger partial charge >= 0.3 is 0 Å². The normalized spacial score (nSPS) is 20.9. The van der Waals surface area contributed by atoms with Gasteiger partial charge in [-0.2, -0.15) is 0 Å². The fourth-order valence-electron chi connectivity index (χ4n) is 2.68. The molecular weight excluding hydrogens is 242 g/mol. The minimum Gasteiger partial charge on any atom is -0.463 e. The van der Waals surface area contributed by atoms with E-state index < -0.39 is 0 Å². The van der Waals surface area contributed by atoms with Gasteiger partial charge in [-0.1, -0.05) is 18.2 Å². The molecule has 0 spiro atoms. The van der Waals surface area contributed by atoms with E-state index in [-0.39, 0.29) is 17.9 Å². The molecule has 4 nitrogen and oxygen atoms in total. The van der Waals surface area contributed by atoms with Crippen LogP contribution in [-0.2, 0) is 0 Å². The van der Waals surface area contributed by atoms with E-state index in [1.165, 1.54) is 6.26 Å². The Morgan fingerprint density at radius 2 is 2.26 bits per heavy atom. The van der Waals surface area contributed by atoms with Gasteiger partial charge in [0.25, 0.3) is 5.91 Å². The van der Waals surface area contributed by atoms with E-state index in [2.05, 4.69) is 0 Å². The molecule has 2 unspecified atom stereocenters. The highest BCUT2D eigenvalue weighted by Crippen LogP contribution is 2.26. The lowest BCUT2D eigenvalue weighted by molar-refractivity contribution is 0.0763. The summed E-state index contributed by atoms with van der Waals surface area (Å²) < 4.78 is 5.41. The number of aliphatic hydroxyl groups is 1. The smallest absolute Gasteiger partial charge is 0.257 e. The third-order valence-corrected chi connectivity index (χ3v) is 3.91. The molecule has 1 aromatic heterocycles. The van der Waals surface area contributed by atoms with Gasteiger partial charge in [-0.05, 0) is 19.4 Å². The average Bonchev–Trinajstić information content (AvgIpc) is 3.05. The predicted octanol–water partition coefficient (Wildman–Crippen LogP) is 2.28. The zero-order valence-corrected chi connectivity index (χ0v) is 10.9.